The molecule has 2 saturated heterocycles. The summed E-state index contributed by atoms with van der Waals surface area (Å²) in [7, 11) is 0. The zero-order chi connectivity index (χ0) is 13.7. The van der Waals surface area contributed by atoms with E-state index in [1.807, 2.05) is 0 Å². The summed E-state index contributed by atoms with van der Waals surface area (Å²) in [6.07, 6.45) is 2.72. The summed E-state index contributed by atoms with van der Waals surface area (Å²) in [4.78, 5) is 5.09. The molecule has 2 aliphatic heterocycles. The van der Waals surface area contributed by atoms with Gasteiger partial charge in [0.1, 0.15) is 0 Å². The Hall–Kier alpha value is 0.190. The van der Waals surface area contributed by atoms with Crippen molar-refractivity contribution >= 4 is 12.8 Å². The van der Waals surface area contributed by atoms with Crippen molar-refractivity contribution in [3.8, 4) is 0 Å². The predicted molar refractivity (Wildman–Crippen MR) is 82.7 cm³/mol. The lowest BCUT2D eigenvalue weighted by Crippen LogP contribution is -2.49. The van der Waals surface area contributed by atoms with Gasteiger partial charge in [0.25, 0.3) is 0 Å². The molecule has 112 valence electrons. The normalized spacial score (nSPS) is 25.3. The zero-order valence-corrected chi connectivity index (χ0v) is 13.3. The highest BCUT2D eigenvalue weighted by Gasteiger charge is 2.20. The molecule has 2 rings (SSSR count). The van der Waals surface area contributed by atoms with Gasteiger partial charge in [0.2, 0.25) is 0 Å². The van der Waals surface area contributed by atoms with Crippen molar-refractivity contribution < 1.29 is 4.74 Å². The Labute approximate surface area is 123 Å². The smallest absolute Gasteiger partial charge is 0.0600 e. The molecule has 0 aromatic heterocycles. The Balaban J connectivity index is 1.54. The lowest BCUT2D eigenvalue weighted by molar-refractivity contribution is 0.00357. The van der Waals surface area contributed by atoms with Crippen LogP contribution in [0.3, 0.4) is 0 Å². The highest BCUT2D eigenvalue weighted by atomic mass is 32.1. The average molecular weight is 287 g/mol. The molecule has 2 heterocycles. The van der Waals surface area contributed by atoms with Crippen molar-refractivity contribution in [1.29, 1.82) is 0 Å². The van der Waals surface area contributed by atoms with Crippen LogP contribution in [0.1, 0.15) is 26.7 Å². The van der Waals surface area contributed by atoms with Crippen LogP contribution in [0.4, 0.5) is 0 Å². The minimum absolute atomic E-state index is 0.459. The molecule has 0 aromatic carbocycles. The number of piperazine rings is 1. The Morgan fingerprint density at radius 2 is 1.68 bits per heavy atom. The molecule has 0 saturated carbocycles. The van der Waals surface area contributed by atoms with Crippen LogP contribution < -0.4 is 0 Å². The van der Waals surface area contributed by atoms with Gasteiger partial charge in [-0.3, -0.25) is 14.1 Å². The quantitative estimate of drug-likeness (QED) is 0.769. The first kappa shape index (κ1) is 15.6. The van der Waals surface area contributed by atoms with E-state index in [9.17, 15) is 0 Å². The third-order valence-electron chi connectivity index (χ3n) is 4.32. The Morgan fingerprint density at radius 3 is 2.26 bits per heavy atom. The molecule has 2 fully saturated rings. The number of thiol groups is 1. The molecule has 0 radical (unpaired) electrons. The second-order valence-corrected chi connectivity index (χ2v) is 6.56. The zero-order valence-electron chi connectivity index (χ0n) is 12.4. The molecule has 0 N–H and O–H groups in total. The van der Waals surface area contributed by atoms with Crippen molar-refractivity contribution in [3.63, 3.8) is 0 Å². The minimum Gasteiger partial charge on any atom is -0.377 e. The van der Waals surface area contributed by atoms with E-state index >= 15 is 0 Å². The third kappa shape index (κ3) is 5.23. The van der Waals surface area contributed by atoms with Gasteiger partial charge in [-0.1, -0.05) is 12.8 Å². The number of hydrogen-bond acceptors (Lipinski definition) is 5. The van der Waals surface area contributed by atoms with Crippen LogP contribution in [-0.4, -0.2) is 78.7 Å². The van der Waals surface area contributed by atoms with E-state index in [0.29, 0.717) is 12.1 Å². The van der Waals surface area contributed by atoms with Gasteiger partial charge in [-0.05, 0) is 26.7 Å². The summed E-state index contributed by atoms with van der Waals surface area (Å²) < 4.78 is 8.08. The third-order valence-corrected chi connectivity index (χ3v) is 4.72. The molecule has 0 unspecified atom stereocenters. The van der Waals surface area contributed by atoms with E-state index in [1.54, 1.807) is 0 Å². The molecule has 5 heteroatoms. The van der Waals surface area contributed by atoms with Gasteiger partial charge in [-0.2, -0.15) is 0 Å². The standard InChI is InChI=1S/C14H29N3OS/c1-13(2)16-9-7-15(8-10-16)11-12-18-14-3-5-17(19)6-4-14/h13-14,19H,3-12H2,1-2H3. The van der Waals surface area contributed by atoms with Crippen LogP contribution in [-0.2, 0) is 4.74 Å². The molecule has 0 amide bonds. The predicted octanol–water partition coefficient (Wildman–Crippen LogP) is 1.34. The number of ether oxygens (including phenoxy) is 1. The highest BCUT2D eigenvalue weighted by Crippen LogP contribution is 2.14. The maximum absolute atomic E-state index is 5.99. The Kier molecular flexibility index (Phi) is 6.42. The molecular formula is C14H29N3OS. The van der Waals surface area contributed by atoms with E-state index in [-0.39, 0.29) is 0 Å². The van der Waals surface area contributed by atoms with Crippen molar-refractivity contribution in [2.45, 2.75) is 38.8 Å². The first-order valence-electron chi connectivity index (χ1n) is 7.67. The minimum atomic E-state index is 0.459. The van der Waals surface area contributed by atoms with Crippen LogP contribution in [0.5, 0.6) is 0 Å². The number of piperidine rings is 1. The molecule has 0 atom stereocenters. The first-order valence-corrected chi connectivity index (χ1v) is 8.07. The van der Waals surface area contributed by atoms with Gasteiger partial charge in [0, 0.05) is 51.9 Å². The molecule has 0 bridgehead atoms. The lowest BCUT2D eigenvalue weighted by Gasteiger charge is -2.37. The largest absolute Gasteiger partial charge is 0.377 e. The summed E-state index contributed by atoms with van der Waals surface area (Å²) in [5, 5.41) is 0. The van der Waals surface area contributed by atoms with E-state index in [1.165, 1.54) is 26.2 Å². The second kappa shape index (κ2) is 7.84. The van der Waals surface area contributed by atoms with Crippen LogP contribution in [0.25, 0.3) is 0 Å². The van der Waals surface area contributed by atoms with Gasteiger partial charge in [0.05, 0.1) is 12.7 Å². The highest BCUT2D eigenvalue weighted by molar-refractivity contribution is 7.77. The van der Waals surface area contributed by atoms with Crippen molar-refractivity contribution in [2.75, 3.05) is 52.4 Å². The first-order chi connectivity index (χ1) is 9.15. The monoisotopic (exact) mass is 287 g/mol. The van der Waals surface area contributed by atoms with Crippen LogP contribution >= 0.6 is 12.8 Å². The van der Waals surface area contributed by atoms with E-state index < -0.39 is 0 Å². The molecule has 2 aliphatic rings. The molecule has 19 heavy (non-hydrogen) atoms. The van der Waals surface area contributed by atoms with Gasteiger partial charge >= 0.3 is 0 Å². The van der Waals surface area contributed by atoms with E-state index in [4.69, 9.17) is 4.74 Å². The van der Waals surface area contributed by atoms with Crippen LogP contribution in [0.2, 0.25) is 0 Å². The van der Waals surface area contributed by atoms with Gasteiger partial charge in [0.15, 0.2) is 0 Å². The maximum atomic E-state index is 5.99. The molecule has 0 spiro atoms. The fourth-order valence-corrected chi connectivity index (χ4v) is 3.09. The summed E-state index contributed by atoms with van der Waals surface area (Å²) in [6.45, 7) is 13.4. The van der Waals surface area contributed by atoms with Gasteiger partial charge in [-0.25, -0.2) is 0 Å². The fraction of sp³-hybridized carbons (Fsp3) is 1.00. The molecule has 4 nitrogen and oxygen atoms in total. The Morgan fingerprint density at radius 1 is 1.05 bits per heavy atom. The van der Waals surface area contributed by atoms with E-state index in [0.717, 1.165) is 39.1 Å². The molecule has 0 aliphatic carbocycles. The number of nitrogens with zero attached hydrogens (tertiary/aromatic N) is 3. The van der Waals surface area contributed by atoms with Gasteiger partial charge < -0.3 is 4.74 Å². The molecule has 0 aromatic rings. The van der Waals surface area contributed by atoms with Gasteiger partial charge in [-0.15, -0.1) is 0 Å². The number of rotatable bonds is 5. The second-order valence-electron chi connectivity index (χ2n) is 6.00. The average Bonchev–Trinajstić information content (AvgIpc) is 2.41. The SMILES string of the molecule is CC(C)N1CCN(CCOC2CCN(S)CC2)CC1. The van der Waals surface area contributed by atoms with E-state index in [2.05, 4.69) is 40.8 Å². The van der Waals surface area contributed by atoms with Crippen LogP contribution in [0, 0.1) is 0 Å². The summed E-state index contributed by atoms with van der Waals surface area (Å²) in [5.41, 5.74) is 0. The van der Waals surface area contributed by atoms with Crippen LogP contribution in [0.15, 0.2) is 0 Å². The summed E-state index contributed by atoms with van der Waals surface area (Å²) >= 11 is 4.37. The summed E-state index contributed by atoms with van der Waals surface area (Å²) in [5.74, 6) is 0. The van der Waals surface area contributed by atoms with Crippen molar-refractivity contribution in [2.24, 2.45) is 0 Å². The number of hydrogen-bond donors (Lipinski definition) is 1. The maximum Gasteiger partial charge on any atom is 0.0600 e. The fourth-order valence-electron chi connectivity index (χ4n) is 2.86. The topological polar surface area (TPSA) is 19.0 Å². The molecular weight excluding hydrogens is 258 g/mol. The lowest BCUT2D eigenvalue weighted by atomic mass is 10.1. The van der Waals surface area contributed by atoms with Crippen molar-refractivity contribution in [3.05, 3.63) is 0 Å². The summed E-state index contributed by atoms with van der Waals surface area (Å²) in [6, 6.07) is 0.685. The van der Waals surface area contributed by atoms with Crippen molar-refractivity contribution in [1.82, 2.24) is 14.1 Å². The Bertz CT molecular complexity index is 249.